The average molecular weight is 255 g/mol. The van der Waals surface area contributed by atoms with E-state index in [1.54, 1.807) is 0 Å². The van der Waals surface area contributed by atoms with Gasteiger partial charge in [0.1, 0.15) is 0 Å². The molecular weight excluding hydrogens is 216 g/mol. The molecule has 0 bridgehead atoms. The Hall–Kier alpha value is 0. The van der Waals surface area contributed by atoms with Gasteiger partial charge in [0, 0.05) is 0 Å². The third-order valence-electron chi connectivity index (χ3n) is 5.05. The molecule has 0 nitrogen and oxygen atoms in total. The molecule has 0 aromatic rings. The van der Waals surface area contributed by atoms with Gasteiger partial charge in [0.25, 0.3) is 0 Å². The maximum atomic E-state index is 2.55. The van der Waals surface area contributed by atoms with E-state index in [1.165, 1.54) is 57.8 Å². The van der Waals surface area contributed by atoms with E-state index >= 15 is 0 Å². The first-order chi connectivity index (χ1) is 8.48. The van der Waals surface area contributed by atoms with Crippen LogP contribution in [0.2, 0.25) is 0 Å². The molecule has 0 heterocycles. The number of rotatable bonds is 11. The number of hydrogen-bond donors (Lipinski definition) is 0. The lowest BCUT2D eigenvalue weighted by atomic mass is 9.67. The van der Waals surface area contributed by atoms with Crippen LogP contribution in [0.5, 0.6) is 0 Å². The zero-order valence-corrected chi connectivity index (χ0v) is 14.0. The fraction of sp³-hybridized carbons (Fsp3) is 1.00. The van der Waals surface area contributed by atoms with Crippen molar-refractivity contribution in [2.45, 2.75) is 99.3 Å². The Balaban J connectivity index is 4.20. The molecule has 0 spiro atoms. The summed E-state index contributed by atoms with van der Waals surface area (Å²) >= 11 is 0. The lowest BCUT2D eigenvalue weighted by Crippen LogP contribution is -2.29. The van der Waals surface area contributed by atoms with Crippen LogP contribution in [-0.4, -0.2) is 0 Å². The van der Waals surface area contributed by atoms with Crippen molar-refractivity contribution in [1.29, 1.82) is 0 Å². The summed E-state index contributed by atoms with van der Waals surface area (Å²) in [7, 11) is 0. The van der Waals surface area contributed by atoms with Gasteiger partial charge in [0.15, 0.2) is 0 Å². The lowest BCUT2D eigenvalue weighted by molar-refractivity contribution is 0.117. The highest BCUT2D eigenvalue weighted by Gasteiger charge is 2.31. The molecule has 0 aliphatic heterocycles. The monoisotopic (exact) mass is 254 g/mol. The summed E-state index contributed by atoms with van der Waals surface area (Å²) in [5.41, 5.74) is 0.580. The van der Waals surface area contributed by atoms with Crippen LogP contribution in [0, 0.1) is 17.3 Å². The second kappa shape index (κ2) is 9.87. The van der Waals surface area contributed by atoms with E-state index in [1.807, 2.05) is 0 Å². The molecule has 0 saturated carbocycles. The fourth-order valence-electron chi connectivity index (χ4n) is 3.10. The van der Waals surface area contributed by atoms with Crippen LogP contribution in [0.25, 0.3) is 0 Å². The summed E-state index contributed by atoms with van der Waals surface area (Å²) in [5, 5.41) is 0. The fourth-order valence-corrected chi connectivity index (χ4v) is 3.10. The first-order valence-corrected chi connectivity index (χ1v) is 8.48. The highest BCUT2D eigenvalue weighted by Crippen LogP contribution is 2.41. The van der Waals surface area contributed by atoms with Gasteiger partial charge >= 0.3 is 0 Å². The topological polar surface area (TPSA) is 0 Å². The molecule has 0 N–H and O–H groups in total. The van der Waals surface area contributed by atoms with Gasteiger partial charge in [0.05, 0.1) is 0 Å². The maximum Gasteiger partial charge on any atom is -0.0298 e. The molecule has 0 aromatic heterocycles. The first-order valence-electron chi connectivity index (χ1n) is 8.48. The lowest BCUT2D eigenvalue weighted by Gasteiger charge is -2.39. The van der Waals surface area contributed by atoms with Crippen molar-refractivity contribution in [3.8, 4) is 0 Å². The molecule has 2 unspecified atom stereocenters. The molecule has 18 heavy (non-hydrogen) atoms. The van der Waals surface area contributed by atoms with Gasteiger partial charge in [-0.3, -0.25) is 0 Å². The second-order valence-corrected chi connectivity index (χ2v) is 6.95. The third-order valence-corrected chi connectivity index (χ3v) is 5.05. The van der Waals surface area contributed by atoms with Crippen molar-refractivity contribution < 1.29 is 0 Å². The summed E-state index contributed by atoms with van der Waals surface area (Å²) in [6.07, 6.45) is 12.7. The Morgan fingerprint density at radius 3 is 1.72 bits per heavy atom. The summed E-state index contributed by atoms with van der Waals surface area (Å²) in [5.74, 6) is 1.68. The van der Waals surface area contributed by atoms with Crippen LogP contribution in [-0.2, 0) is 0 Å². The minimum Gasteiger partial charge on any atom is -0.0654 e. The standard InChI is InChI=1S/C18H38/c1-7-9-11-12-13-15-18(6,14-10-8-2)17(5)16(3)4/h16-17H,7-15H2,1-6H3. The summed E-state index contributed by atoms with van der Waals surface area (Å²) in [6, 6.07) is 0. The van der Waals surface area contributed by atoms with Crippen molar-refractivity contribution in [3.05, 3.63) is 0 Å². The van der Waals surface area contributed by atoms with Gasteiger partial charge in [-0.05, 0) is 30.1 Å². The molecule has 0 saturated heterocycles. The number of hydrogen-bond acceptors (Lipinski definition) is 0. The molecule has 0 aliphatic carbocycles. The van der Waals surface area contributed by atoms with Crippen molar-refractivity contribution in [1.82, 2.24) is 0 Å². The van der Waals surface area contributed by atoms with E-state index in [-0.39, 0.29) is 0 Å². The van der Waals surface area contributed by atoms with Gasteiger partial charge in [-0.1, -0.05) is 86.5 Å². The van der Waals surface area contributed by atoms with E-state index < -0.39 is 0 Å². The highest BCUT2D eigenvalue weighted by molar-refractivity contribution is 4.81. The Bertz CT molecular complexity index is 182. The predicted molar refractivity (Wildman–Crippen MR) is 85.0 cm³/mol. The molecular formula is C18H38. The third kappa shape index (κ3) is 6.81. The maximum absolute atomic E-state index is 2.55. The summed E-state index contributed by atoms with van der Waals surface area (Å²) in [4.78, 5) is 0. The molecule has 0 amide bonds. The molecule has 110 valence electrons. The zero-order chi connectivity index (χ0) is 14.0. The van der Waals surface area contributed by atoms with Gasteiger partial charge in [-0.15, -0.1) is 0 Å². The largest absolute Gasteiger partial charge is 0.0654 e. The normalized spacial score (nSPS) is 16.8. The minimum atomic E-state index is 0.580. The smallest absolute Gasteiger partial charge is 0.0298 e. The molecule has 2 atom stereocenters. The SMILES string of the molecule is CCCCCCCC(C)(CCCC)C(C)C(C)C. The van der Waals surface area contributed by atoms with Crippen molar-refractivity contribution in [2.24, 2.45) is 17.3 Å². The van der Waals surface area contributed by atoms with Crippen molar-refractivity contribution in [3.63, 3.8) is 0 Å². The van der Waals surface area contributed by atoms with Crippen LogP contribution in [0.3, 0.4) is 0 Å². The van der Waals surface area contributed by atoms with E-state index in [4.69, 9.17) is 0 Å². The number of unbranched alkanes of at least 4 members (excludes halogenated alkanes) is 5. The quantitative estimate of drug-likeness (QED) is 0.354. The van der Waals surface area contributed by atoms with Gasteiger partial charge in [0.2, 0.25) is 0 Å². The van der Waals surface area contributed by atoms with E-state index in [0.29, 0.717) is 5.41 Å². The molecule has 0 aromatic carbocycles. The highest BCUT2D eigenvalue weighted by atomic mass is 14.4. The predicted octanol–water partition coefficient (Wildman–Crippen LogP) is 6.84. The summed E-state index contributed by atoms with van der Waals surface area (Å²) < 4.78 is 0. The molecule has 0 radical (unpaired) electrons. The van der Waals surface area contributed by atoms with Crippen molar-refractivity contribution in [2.75, 3.05) is 0 Å². The molecule has 0 fully saturated rings. The Morgan fingerprint density at radius 2 is 1.22 bits per heavy atom. The summed E-state index contributed by atoms with van der Waals surface area (Å²) in [6.45, 7) is 14.4. The Morgan fingerprint density at radius 1 is 0.722 bits per heavy atom. The van der Waals surface area contributed by atoms with E-state index in [0.717, 1.165) is 11.8 Å². The van der Waals surface area contributed by atoms with Crippen LogP contribution in [0.4, 0.5) is 0 Å². The Kier molecular flexibility index (Phi) is 9.87. The second-order valence-electron chi connectivity index (χ2n) is 6.95. The van der Waals surface area contributed by atoms with E-state index in [9.17, 15) is 0 Å². The molecule has 0 rings (SSSR count). The van der Waals surface area contributed by atoms with Gasteiger partial charge in [-0.25, -0.2) is 0 Å². The minimum absolute atomic E-state index is 0.580. The molecule has 0 heteroatoms. The van der Waals surface area contributed by atoms with E-state index in [2.05, 4.69) is 41.5 Å². The van der Waals surface area contributed by atoms with Crippen LogP contribution in [0.15, 0.2) is 0 Å². The van der Waals surface area contributed by atoms with Gasteiger partial charge in [-0.2, -0.15) is 0 Å². The van der Waals surface area contributed by atoms with Gasteiger partial charge < -0.3 is 0 Å². The van der Waals surface area contributed by atoms with Crippen LogP contribution >= 0.6 is 0 Å². The average Bonchev–Trinajstić information content (AvgIpc) is 2.35. The first kappa shape index (κ1) is 18.0. The zero-order valence-electron chi connectivity index (χ0n) is 14.0. The van der Waals surface area contributed by atoms with Crippen LogP contribution in [0.1, 0.15) is 99.3 Å². The Labute approximate surface area is 117 Å². The van der Waals surface area contributed by atoms with Crippen molar-refractivity contribution >= 4 is 0 Å². The van der Waals surface area contributed by atoms with Crippen LogP contribution < -0.4 is 0 Å². The molecule has 0 aliphatic rings.